The molecule has 5 nitrogen and oxygen atoms in total. The number of hydrogen-bond donors (Lipinski definition) is 0. The number of hydrogen-bond acceptors (Lipinski definition) is 4. The van der Waals surface area contributed by atoms with Gasteiger partial charge in [0.1, 0.15) is 0 Å². The topological polar surface area (TPSA) is 61.2 Å². The molecule has 0 spiro atoms. The zero-order valence-electron chi connectivity index (χ0n) is 11.7. The van der Waals surface area contributed by atoms with Crippen molar-refractivity contribution < 1.29 is 9.53 Å². The van der Waals surface area contributed by atoms with Gasteiger partial charge in [-0.25, -0.2) is 9.59 Å². The molecule has 0 unspecified atom stereocenters. The van der Waals surface area contributed by atoms with Gasteiger partial charge in [0.05, 0.1) is 19.2 Å². The molecule has 0 radical (unpaired) electrons. The van der Waals surface area contributed by atoms with E-state index in [0.29, 0.717) is 17.8 Å². The predicted molar refractivity (Wildman–Crippen MR) is 74.9 cm³/mol. The van der Waals surface area contributed by atoms with Crippen LogP contribution in [0.2, 0.25) is 0 Å². The Bertz CT molecular complexity index is 705. The highest BCUT2D eigenvalue weighted by molar-refractivity contribution is 5.90. The number of nitrogens with zero attached hydrogens (tertiary/aromatic N) is 2. The summed E-state index contributed by atoms with van der Waals surface area (Å²) in [6, 6.07) is 8.91. The third-order valence-electron chi connectivity index (χ3n) is 3.10. The molecule has 0 aliphatic carbocycles. The molecular formula is C15H16N2O3. The van der Waals surface area contributed by atoms with Crippen molar-refractivity contribution >= 4 is 5.97 Å². The molecule has 104 valence electrons. The van der Waals surface area contributed by atoms with E-state index in [2.05, 4.69) is 4.98 Å². The second-order valence-electron chi connectivity index (χ2n) is 4.56. The van der Waals surface area contributed by atoms with Crippen LogP contribution in [0.15, 0.2) is 35.1 Å². The van der Waals surface area contributed by atoms with Crippen LogP contribution in [0, 0.1) is 13.8 Å². The Balaban J connectivity index is 2.46. The molecule has 0 atom stereocenters. The van der Waals surface area contributed by atoms with Gasteiger partial charge < -0.3 is 4.74 Å². The zero-order chi connectivity index (χ0) is 14.7. The largest absolute Gasteiger partial charge is 0.465 e. The van der Waals surface area contributed by atoms with Gasteiger partial charge in [-0.15, -0.1) is 0 Å². The fraction of sp³-hybridized carbons (Fsp3) is 0.267. The van der Waals surface area contributed by atoms with Gasteiger partial charge in [0.2, 0.25) is 0 Å². The van der Waals surface area contributed by atoms with Crippen molar-refractivity contribution in [2.75, 3.05) is 7.11 Å². The highest BCUT2D eigenvalue weighted by Crippen LogP contribution is 2.12. The van der Waals surface area contributed by atoms with E-state index in [1.807, 2.05) is 19.1 Å². The number of benzene rings is 1. The Hall–Kier alpha value is -2.43. The third-order valence-corrected chi connectivity index (χ3v) is 3.10. The molecule has 0 amide bonds. The number of aryl methyl sites for hydroxylation is 2. The van der Waals surface area contributed by atoms with Gasteiger partial charge in [0.15, 0.2) is 0 Å². The van der Waals surface area contributed by atoms with E-state index in [1.165, 1.54) is 11.7 Å². The highest BCUT2D eigenvalue weighted by Gasteiger charge is 2.13. The smallest absolute Gasteiger partial charge is 0.348 e. The van der Waals surface area contributed by atoms with Crippen molar-refractivity contribution in [2.24, 2.45) is 0 Å². The summed E-state index contributed by atoms with van der Waals surface area (Å²) >= 11 is 0. The van der Waals surface area contributed by atoms with Crippen LogP contribution < -0.4 is 5.69 Å². The predicted octanol–water partition coefficient (Wildman–Crippen LogP) is 1.70. The molecule has 1 aromatic carbocycles. The number of carbonyl (C=O) groups is 1. The molecular weight excluding hydrogens is 256 g/mol. The molecule has 1 aromatic heterocycles. The summed E-state index contributed by atoms with van der Waals surface area (Å²) in [7, 11) is 1.34. The van der Waals surface area contributed by atoms with Crippen LogP contribution in [-0.4, -0.2) is 22.6 Å². The summed E-state index contributed by atoms with van der Waals surface area (Å²) in [5.41, 5.74) is 2.37. The summed E-state index contributed by atoms with van der Waals surface area (Å²) in [6.07, 6.45) is 0. The lowest BCUT2D eigenvalue weighted by molar-refractivity contribution is 0.0599. The third kappa shape index (κ3) is 2.77. The molecule has 0 fully saturated rings. The van der Waals surface area contributed by atoms with Gasteiger partial charge in [0.25, 0.3) is 0 Å². The lowest BCUT2D eigenvalue weighted by Crippen LogP contribution is -2.26. The standard InChI is InChI=1S/C15H16N2O3/c1-10-8-11(2)17(15(19)16-10)9-12-6-4-5-7-13(12)14(18)20-3/h4-8H,9H2,1-3H3. The van der Waals surface area contributed by atoms with Crippen LogP contribution in [-0.2, 0) is 11.3 Å². The van der Waals surface area contributed by atoms with Gasteiger partial charge >= 0.3 is 11.7 Å². The van der Waals surface area contributed by atoms with E-state index < -0.39 is 5.97 Å². The number of carbonyl (C=O) groups excluding carboxylic acids is 1. The van der Waals surface area contributed by atoms with Crippen molar-refractivity contribution in [2.45, 2.75) is 20.4 Å². The van der Waals surface area contributed by atoms with Crippen LogP contribution >= 0.6 is 0 Å². The fourth-order valence-corrected chi connectivity index (χ4v) is 2.10. The maximum absolute atomic E-state index is 12.0. The number of methoxy groups -OCH3 is 1. The Kier molecular flexibility index (Phi) is 3.98. The SMILES string of the molecule is COC(=O)c1ccccc1Cn1c(C)cc(C)nc1=O. The molecule has 0 aliphatic rings. The molecule has 0 aliphatic heterocycles. The summed E-state index contributed by atoms with van der Waals surface area (Å²) in [6.45, 7) is 3.92. The molecule has 0 bridgehead atoms. The lowest BCUT2D eigenvalue weighted by Gasteiger charge is -2.12. The summed E-state index contributed by atoms with van der Waals surface area (Å²) in [5.74, 6) is -0.411. The van der Waals surface area contributed by atoms with Crippen molar-refractivity contribution in [3.8, 4) is 0 Å². The normalized spacial score (nSPS) is 10.3. The summed E-state index contributed by atoms with van der Waals surface area (Å²) in [5, 5.41) is 0. The minimum atomic E-state index is -0.411. The average Bonchev–Trinajstić information content (AvgIpc) is 2.42. The minimum Gasteiger partial charge on any atom is -0.465 e. The van der Waals surface area contributed by atoms with E-state index in [-0.39, 0.29) is 5.69 Å². The maximum Gasteiger partial charge on any atom is 0.348 e. The van der Waals surface area contributed by atoms with Gasteiger partial charge in [0, 0.05) is 11.4 Å². The Morgan fingerprint density at radius 1 is 1.30 bits per heavy atom. The van der Waals surface area contributed by atoms with Crippen LogP contribution in [0.25, 0.3) is 0 Å². The lowest BCUT2D eigenvalue weighted by atomic mass is 10.1. The Morgan fingerprint density at radius 3 is 2.65 bits per heavy atom. The average molecular weight is 272 g/mol. The number of rotatable bonds is 3. The van der Waals surface area contributed by atoms with Crippen molar-refractivity contribution in [3.63, 3.8) is 0 Å². The zero-order valence-corrected chi connectivity index (χ0v) is 11.7. The van der Waals surface area contributed by atoms with E-state index in [1.54, 1.807) is 25.1 Å². The molecule has 0 saturated carbocycles. The van der Waals surface area contributed by atoms with Crippen LogP contribution in [0.3, 0.4) is 0 Å². The molecule has 5 heteroatoms. The Labute approximate surface area is 116 Å². The van der Waals surface area contributed by atoms with Crippen LogP contribution in [0.4, 0.5) is 0 Å². The molecule has 1 heterocycles. The summed E-state index contributed by atoms with van der Waals surface area (Å²) < 4.78 is 6.29. The van der Waals surface area contributed by atoms with Crippen molar-refractivity contribution in [3.05, 3.63) is 63.3 Å². The van der Waals surface area contributed by atoms with Crippen LogP contribution in [0.1, 0.15) is 27.3 Å². The monoisotopic (exact) mass is 272 g/mol. The highest BCUT2D eigenvalue weighted by atomic mass is 16.5. The second kappa shape index (κ2) is 5.69. The first kappa shape index (κ1) is 14.0. The minimum absolute atomic E-state index is 0.295. The first-order chi connectivity index (χ1) is 9.52. The number of ether oxygens (including phenoxy) is 1. The van der Waals surface area contributed by atoms with Crippen molar-refractivity contribution in [1.29, 1.82) is 0 Å². The van der Waals surface area contributed by atoms with Crippen molar-refractivity contribution in [1.82, 2.24) is 9.55 Å². The van der Waals surface area contributed by atoms with Gasteiger partial charge in [-0.05, 0) is 31.5 Å². The molecule has 0 N–H and O–H groups in total. The maximum atomic E-state index is 12.0. The summed E-state index contributed by atoms with van der Waals surface area (Å²) in [4.78, 5) is 27.6. The van der Waals surface area contributed by atoms with E-state index in [9.17, 15) is 9.59 Å². The fourth-order valence-electron chi connectivity index (χ4n) is 2.10. The molecule has 20 heavy (non-hydrogen) atoms. The Morgan fingerprint density at radius 2 is 2.00 bits per heavy atom. The molecule has 2 rings (SSSR count). The first-order valence-electron chi connectivity index (χ1n) is 6.24. The van der Waals surface area contributed by atoms with Gasteiger partial charge in [-0.2, -0.15) is 4.98 Å². The molecule has 2 aromatic rings. The van der Waals surface area contributed by atoms with Crippen LogP contribution in [0.5, 0.6) is 0 Å². The first-order valence-corrected chi connectivity index (χ1v) is 6.24. The van der Waals surface area contributed by atoms with E-state index >= 15 is 0 Å². The van der Waals surface area contributed by atoms with E-state index in [0.717, 1.165) is 11.3 Å². The second-order valence-corrected chi connectivity index (χ2v) is 4.56. The number of esters is 1. The van der Waals surface area contributed by atoms with E-state index in [4.69, 9.17) is 4.74 Å². The van der Waals surface area contributed by atoms with Gasteiger partial charge in [-0.1, -0.05) is 18.2 Å². The molecule has 0 saturated heterocycles. The van der Waals surface area contributed by atoms with Gasteiger partial charge in [-0.3, -0.25) is 4.57 Å². The quantitative estimate of drug-likeness (QED) is 0.798. The number of aromatic nitrogens is 2.